The first kappa shape index (κ1) is 40.1. The molecule has 0 bridgehead atoms. The van der Waals surface area contributed by atoms with E-state index in [2.05, 4.69) is 21.3 Å². The van der Waals surface area contributed by atoms with E-state index in [4.69, 9.17) is 16.3 Å². The summed E-state index contributed by atoms with van der Waals surface area (Å²) in [5.74, 6) is -10.8. The zero-order chi connectivity index (χ0) is 40.4. The number of carboxylic acid groups (broad SMARTS) is 1. The number of anilines is 1. The van der Waals surface area contributed by atoms with Gasteiger partial charge in [-0.05, 0) is 54.8 Å². The number of nitrogens with zero attached hydrogens (tertiary/aromatic N) is 2. The number of amides is 7. The van der Waals surface area contributed by atoms with Gasteiger partial charge >= 0.3 is 31.2 Å². The van der Waals surface area contributed by atoms with Crippen LogP contribution in [0.2, 0.25) is 5.02 Å². The van der Waals surface area contributed by atoms with Crippen molar-refractivity contribution in [2.45, 2.75) is 24.8 Å². The molecule has 24 heteroatoms. The smallest absolute Gasteiger partial charge is 0.534 e. The third-order valence-corrected chi connectivity index (χ3v) is 10.5. The number of rotatable bonds is 11. The molecular weight excluding hydrogens is 781 g/mol. The maximum absolute atomic E-state index is 14.6. The van der Waals surface area contributed by atoms with Gasteiger partial charge in [-0.2, -0.15) is 0 Å². The summed E-state index contributed by atoms with van der Waals surface area (Å²) in [6.45, 7) is -1.19. The summed E-state index contributed by atoms with van der Waals surface area (Å²) < 4.78 is 60.5. The maximum Gasteiger partial charge on any atom is 0.547 e. The molecule has 0 aliphatic carbocycles. The van der Waals surface area contributed by atoms with Crippen LogP contribution in [-0.4, -0.2) is 111 Å². The number of urea groups is 3. The summed E-state index contributed by atoms with van der Waals surface area (Å²) in [5.41, 5.74) is -1.16. The van der Waals surface area contributed by atoms with Gasteiger partial charge in [0.1, 0.15) is 28.9 Å². The van der Waals surface area contributed by atoms with Crippen LogP contribution in [0.15, 0.2) is 42.5 Å². The van der Waals surface area contributed by atoms with Crippen LogP contribution in [-0.2, 0) is 21.2 Å². The number of imide groups is 1. The lowest BCUT2D eigenvalue weighted by Gasteiger charge is -2.31. The van der Waals surface area contributed by atoms with Crippen LogP contribution in [0.4, 0.5) is 28.9 Å². The van der Waals surface area contributed by atoms with E-state index in [0.29, 0.717) is 21.0 Å². The second kappa shape index (κ2) is 16.1. The van der Waals surface area contributed by atoms with Gasteiger partial charge in [-0.1, -0.05) is 17.7 Å². The number of carboxylic acids is 1. The first-order chi connectivity index (χ1) is 25.9. The minimum Gasteiger partial charge on any atom is -0.534 e. The molecule has 3 aromatic carbocycles. The van der Waals surface area contributed by atoms with Gasteiger partial charge in [0.15, 0.2) is 17.3 Å². The number of hydrogen-bond acceptors (Lipinski definition) is 12. The molecule has 55 heavy (non-hydrogen) atoms. The Labute approximate surface area is 314 Å². The number of hydrogen-bond donors (Lipinski definition) is 9. The molecule has 2 aliphatic rings. The van der Waals surface area contributed by atoms with E-state index in [-0.39, 0.29) is 30.7 Å². The van der Waals surface area contributed by atoms with Crippen molar-refractivity contribution in [3.63, 3.8) is 0 Å². The zero-order valence-electron chi connectivity index (χ0n) is 28.0. The Morgan fingerprint density at radius 1 is 1.02 bits per heavy atom. The Morgan fingerprint density at radius 2 is 1.71 bits per heavy atom. The number of phenols is 3. The molecule has 9 N–H and O–H groups in total. The lowest BCUT2D eigenvalue weighted by Crippen LogP contribution is -2.56. The lowest BCUT2D eigenvalue weighted by atomic mass is 9.72. The highest BCUT2D eigenvalue weighted by Gasteiger charge is 2.43. The zero-order valence-corrected chi connectivity index (χ0v) is 29.5. The van der Waals surface area contributed by atoms with Gasteiger partial charge < -0.3 is 51.4 Å². The summed E-state index contributed by atoms with van der Waals surface area (Å²) in [4.78, 5) is 64.4. The molecule has 0 radical (unpaired) electrons. The van der Waals surface area contributed by atoms with Crippen molar-refractivity contribution in [3.8, 4) is 23.0 Å². The van der Waals surface area contributed by atoms with Gasteiger partial charge in [0.05, 0.1) is 29.8 Å². The van der Waals surface area contributed by atoms with Crippen LogP contribution in [0.25, 0.3) is 0 Å². The van der Waals surface area contributed by atoms with E-state index >= 15 is 0 Å². The summed E-state index contributed by atoms with van der Waals surface area (Å²) in [6, 6.07) is 2.43. The van der Waals surface area contributed by atoms with E-state index in [1.54, 1.807) is 0 Å². The van der Waals surface area contributed by atoms with E-state index in [1.165, 1.54) is 24.3 Å². The molecule has 2 aliphatic heterocycles. The minimum atomic E-state index is -4.37. The molecule has 292 valence electrons. The molecule has 2 atom stereocenters. The third kappa shape index (κ3) is 8.68. The molecule has 0 spiro atoms. The SMILES string of the molecule is O=C(NCCCS(=O)(=O)N1CCN(C(=O)NC(C(=O)N[C@H]2Cc3ccc(F)c(C(=O)O)c3OB2O)c2cc(F)c(O)c(O)c2Cl)C1=O)Nc1ccc(O)cc1. The van der Waals surface area contributed by atoms with Gasteiger partial charge in [-0.15, -0.1) is 0 Å². The van der Waals surface area contributed by atoms with Crippen LogP contribution in [0.5, 0.6) is 23.0 Å². The molecule has 3 aromatic rings. The Balaban J connectivity index is 1.27. The van der Waals surface area contributed by atoms with Crippen molar-refractivity contribution in [3.05, 3.63) is 75.8 Å². The molecule has 1 fully saturated rings. The van der Waals surface area contributed by atoms with Crippen molar-refractivity contribution in [2.75, 3.05) is 30.7 Å². The highest BCUT2D eigenvalue weighted by molar-refractivity contribution is 7.89. The molecule has 1 saturated heterocycles. The molecule has 5 rings (SSSR count). The number of phenolic OH excluding ortho intramolecular Hbond substituents is 3. The third-order valence-electron chi connectivity index (χ3n) is 8.33. The average molecular weight is 811 g/mol. The second-order valence-corrected chi connectivity index (χ2v) is 14.4. The topological polar surface area (TPSA) is 284 Å². The Kier molecular flexibility index (Phi) is 11.8. The van der Waals surface area contributed by atoms with Crippen LogP contribution in [0, 0.1) is 11.6 Å². The Morgan fingerprint density at radius 3 is 2.38 bits per heavy atom. The van der Waals surface area contributed by atoms with Crippen molar-refractivity contribution >= 4 is 64.4 Å². The van der Waals surface area contributed by atoms with Crippen molar-refractivity contribution in [2.24, 2.45) is 0 Å². The molecule has 7 amide bonds. The molecule has 19 nitrogen and oxygen atoms in total. The average Bonchev–Trinajstić information content (AvgIpc) is 3.53. The number of halogens is 3. The largest absolute Gasteiger partial charge is 0.547 e. The standard InChI is InChI=1S/C31H30BClF2N6O13S/c33-22-17(13-19(35)24(43)25(22)44)23(27(45)38-20-12-14-2-7-18(34)21(28(46)47)26(14)54-32(20)51)39-30(49)40-9-10-41(31(40)50)55(52,53)11-1-8-36-29(48)37-15-3-5-16(42)6-4-15/h2-7,13,20,23,42-44,51H,1,8-12H2,(H,38,45)(H,39,49)(H,46,47)(H2,36,37,48)/t20-,23?/m0/s1. The quantitative estimate of drug-likeness (QED) is 0.0577. The highest BCUT2D eigenvalue weighted by atomic mass is 35.5. The molecule has 0 saturated carbocycles. The van der Waals surface area contributed by atoms with E-state index in [1.807, 2.05) is 0 Å². The summed E-state index contributed by atoms with van der Waals surface area (Å²) in [5, 5.41) is 57.8. The molecule has 0 aromatic heterocycles. The first-order valence-corrected chi connectivity index (χ1v) is 17.9. The number of fused-ring (bicyclic) bond motifs is 1. The second-order valence-electron chi connectivity index (χ2n) is 12.0. The van der Waals surface area contributed by atoms with Crippen molar-refractivity contribution in [1.29, 1.82) is 0 Å². The number of carbonyl (C=O) groups excluding carboxylic acids is 4. The number of benzene rings is 3. The Bertz CT molecular complexity index is 2170. The van der Waals surface area contributed by atoms with Gasteiger partial charge in [0.2, 0.25) is 15.9 Å². The maximum atomic E-state index is 14.6. The van der Waals surface area contributed by atoms with Crippen LogP contribution in [0.3, 0.4) is 0 Å². The van der Waals surface area contributed by atoms with E-state index < -0.39 is 123 Å². The molecule has 1 unspecified atom stereocenters. The van der Waals surface area contributed by atoms with Crippen LogP contribution >= 0.6 is 11.6 Å². The number of carbonyl (C=O) groups is 5. The Hall–Kier alpha value is -6.07. The van der Waals surface area contributed by atoms with Gasteiger partial charge in [0.25, 0.3) is 0 Å². The summed E-state index contributed by atoms with van der Waals surface area (Å²) >= 11 is 6.11. The fourth-order valence-electron chi connectivity index (χ4n) is 5.59. The van der Waals surface area contributed by atoms with Crippen LogP contribution < -0.4 is 25.9 Å². The predicted octanol–water partition coefficient (Wildman–Crippen LogP) is 1.60. The van der Waals surface area contributed by atoms with Gasteiger partial charge in [0, 0.05) is 17.8 Å². The van der Waals surface area contributed by atoms with Gasteiger partial charge in [-0.3, -0.25) is 4.79 Å². The summed E-state index contributed by atoms with van der Waals surface area (Å²) in [6.07, 6.45) is -0.520. The predicted molar refractivity (Wildman–Crippen MR) is 186 cm³/mol. The number of aromatic carboxylic acids is 1. The van der Waals surface area contributed by atoms with E-state index in [9.17, 15) is 66.6 Å². The van der Waals surface area contributed by atoms with Crippen molar-refractivity contribution in [1.82, 2.24) is 25.2 Å². The fourth-order valence-corrected chi connectivity index (χ4v) is 7.27. The molecular formula is C31H30BClF2N6O13S. The highest BCUT2D eigenvalue weighted by Crippen LogP contribution is 2.41. The van der Waals surface area contributed by atoms with E-state index in [0.717, 1.165) is 12.1 Å². The van der Waals surface area contributed by atoms with Gasteiger partial charge in [-0.25, -0.2) is 45.6 Å². The first-order valence-electron chi connectivity index (χ1n) is 16.0. The number of sulfonamides is 1. The van der Waals surface area contributed by atoms with Crippen LogP contribution in [0.1, 0.15) is 33.9 Å². The minimum absolute atomic E-state index is 0.0234. The summed E-state index contributed by atoms with van der Waals surface area (Å²) in [7, 11) is -6.37. The lowest BCUT2D eigenvalue weighted by molar-refractivity contribution is -0.123. The van der Waals surface area contributed by atoms with Crippen molar-refractivity contribution < 1.29 is 71.3 Å². The number of aromatic hydroxyl groups is 3. The number of nitrogens with one attached hydrogen (secondary N) is 4. The molecule has 2 heterocycles. The normalized spacial score (nSPS) is 15.8. The fraction of sp³-hybridized carbons (Fsp3) is 0.258. The monoisotopic (exact) mass is 810 g/mol.